The summed E-state index contributed by atoms with van der Waals surface area (Å²) in [6.45, 7) is 0.580. The average molecular weight is 255 g/mol. The summed E-state index contributed by atoms with van der Waals surface area (Å²) in [6.07, 6.45) is 0. The molecule has 2 N–H and O–H groups in total. The smallest absolute Gasteiger partial charge is 0.317 e. The van der Waals surface area contributed by atoms with Crippen molar-refractivity contribution in [1.82, 2.24) is 0 Å². The Labute approximate surface area is 113 Å². The second kappa shape index (κ2) is 6.71. The highest BCUT2D eigenvalue weighted by molar-refractivity contribution is 5.82. The molecule has 0 aliphatic rings. The van der Waals surface area contributed by atoms with E-state index in [4.69, 9.17) is 10.5 Å². The van der Waals surface area contributed by atoms with E-state index in [1.54, 1.807) is 0 Å². The van der Waals surface area contributed by atoms with Crippen LogP contribution in [-0.2, 0) is 9.53 Å². The Morgan fingerprint density at radius 1 is 0.947 bits per heavy atom. The van der Waals surface area contributed by atoms with Crippen LogP contribution in [-0.4, -0.2) is 19.1 Å². The first-order chi connectivity index (χ1) is 9.33. The molecule has 2 aromatic carbocycles. The molecule has 0 amide bonds. The van der Waals surface area contributed by atoms with Gasteiger partial charge in [0.2, 0.25) is 0 Å². The Balaban J connectivity index is 2.31. The first-order valence-electron chi connectivity index (χ1n) is 6.29. The van der Waals surface area contributed by atoms with Crippen molar-refractivity contribution < 1.29 is 9.53 Å². The third-order valence-electron chi connectivity index (χ3n) is 2.86. The van der Waals surface area contributed by atoms with Gasteiger partial charge in [-0.2, -0.15) is 0 Å². The Bertz CT molecular complexity index is 471. The first kappa shape index (κ1) is 13.3. The quantitative estimate of drug-likeness (QED) is 0.834. The van der Waals surface area contributed by atoms with Crippen LogP contribution in [0.1, 0.15) is 17.0 Å². The van der Waals surface area contributed by atoms with Crippen molar-refractivity contribution >= 4 is 5.97 Å². The number of nitrogens with two attached hydrogens (primary N) is 1. The number of ether oxygens (including phenoxy) is 1. The second-order valence-corrected chi connectivity index (χ2v) is 4.21. The van der Waals surface area contributed by atoms with Gasteiger partial charge in [0.25, 0.3) is 0 Å². The predicted molar refractivity (Wildman–Crippen MR) is 74.7 cm³/mol. The molecular formula is C16H17NO2. The summed E-state index contributed by atoms with van der Waals surface area (Å²) in [5, 5.41) is 0. The highest BCUT2D eigenvalue weighted by atomic mass is 16.5. The number of hydrogen-bond donors (Lipinski definition) is 1. The SMILES string of the molecule is NCCOC(=O)C(c1ccccc1)c1ccccc1. The molecule has 0 radical (unpaired) electrons. The van der Waals surface area contributed by atoms with Crippen LogP contribution in [0.5, 0.6) is 0 Å². The van der Waals surface area contributed by atoms with E-state index < -0.39 is 5.92 Å². The van der Waals surface area contributed by atoms with Crippen LogP contribution in [0.4, 0.5) is 0 Å². The topological polar surface area (TPSA) is 52.3 Å². The van der Waals surface area contributed by atoms with Crippen LogP contribution < -0.4 is 5.73 Å². The molecule has 0 saturated carbocycles. The predicted octanol–water partition coefficient (Wildman–Crippen LogP) is 2.32. The maximum absolute atomic E-state index is 12.2. The van der Waals surface area contributed by atoms with Crippen molar-refractivity contribution in [3.8, 4) is 0 Å². The molecule has 0 aromatic heterocycles. The molecule has 0 aliphatic heterocycles. The minimum Gasteiger partial charge on any atom is -0.464 e. The Morgan fingerprint density at radius 3 is 1.84 bits per heavy atom. The lowest BCUT2D eigenvalue weighted by Crippen LogP contribution is -2.20. The van der Waals surface area contributed by atoms with Crippen LogP contribution >= 0.6 is 0 Å². The lowest BCUT2D eigenvalue weighted by atomic mass is 9.91. The van der Waals surface area contributed by atoms with Crippen LogP contribution in [0, 0.1) is 0 Å². The molecule has 0 bridgehead atoms. The summed E-state index contributed by atoms with van der Waals surface area (Å²) in [5.41, 5.74) is 7.23. The Hall–Kier alpha value is -2.13. The third-order valence-corrected chi connectivity index (χ3v) is 2.86. The van der Waals surface area contributed by atoms with E-state index in [0.29, 0.717) is 6.54 Å². The molecule has 0 saturated heterocycles. The fourth-order valence-electron chi connectivity index (χ4n) is 2.00. The summed E-state index contributed by atoms with van der Waals surface area (Å²) in [4.78, 5) is 12.2. The standard InChI is InChI=1S/C16H17NO2/c17-11-12-19-16(18)15(13-7-3-1-4-8-13)14-9-5-2-6-10-14/h1-10,15H,11-12,17H2. The number of hydrogen-bond acceptors (Lipinski definition) is 3. The van der Waals surface area contributed by atoms with E-state index >= 15 is 0 Å². The van der Waals surface area contributed by atoms with Crippen LogP contribution in [0.25, 0.3) is 0 Å². The summed E-state index contributed by atoms with van der Waals surface area (Å²) in [7, 11) is 0. The fourth-order valence-corrected chi connectivity index (χ4v) is 2.00. The van der Waals surface area contributed by atoms with Crippen LogP contribution in [0.3, 0.4) is 0 Å². The average Bonchev–Trinajstić information content (AvgIpc) is 2.47. The van der Waals surface area contributed by atoms with Crippen molar-refractivity contribution in [1.29, 1.82) is 0 Å². The van der Waals surface area contributed by atoms with Crippen molar-refractivity contribution in [3.63, 3.8) is 0 Å². The summed E-state index contributed by atoms with van der Waals surface area (Å²) in [5.74, 6) is -0.656. The molecule has 0 heterocycles. The molecule has 0 spiro atoms. The maximum atomic E-state index is 12.2. The summed E-state index contributed by atoms with van der Waals surface area (Å²) >= 11 is 0. The number of esters is 1. The van der Waals surface area contributed by atoms with Gasteiger partial charge in [0.05, 0.1) is 0 Å². The number of rotatable bonds is 5. The molecular weight excluding hydrogens is 238 g/mol. The molecule has 0 atom stereocenters. The highest BCUT2D eigenvalue weighted by Crippen LogP contribution is 2.25. The third kappa shape index (κ3) is 3.42. The summed E-state index contributed by atoms with van der Waals surface area (Å²) < 4.78 is 5.20. The molecule has 2 aromatic rings. The van der Waals surface area contributed by atoms with Gasteiger partial charge in [0.1, 0.15) is 12.5 Å². The lowest BCUT2D eigenvalue weighted by Gasteiger charge is -2.16. The van der Waals surface area contributed by atoms with E-state index in [9.17, 15) is 4.79 Å². The zero-order chi connectivity index (χ0) is 13.5. The maximum Gasteiger partial charge on any atom is 0.317 e. The lowest BCUT2D eigenvalue weighted by molar-refractivity contribution is -0.144. The molecule has 98 valence electrons. The van der Waals surface area contributed by atoms with Gasteiger partial charge in [0, 0.05) is 6.54 Å². The van der Waals surface area contributed by atoms with E-state index in [0.717, 1.165) is 11.1 Å². The van der Waals surface area contributed by atoms with Crippen LogP contribution in [0.2, 0.25) is 0 Å². The van der Waals surface area contributed by atoms with Crippen molar-refractivity contribution in [2.75, 3.05) is 13.2 Å². The Kier molecular flexibility index (Phi) is 4.70. The number of carbonyl (C=O) groups excluding carboxylic acids is 1. The minimum atomic E-state index is -0.394. The van der Waals surface area contributed by atoms with Crippen molar-refractivity contribution in [2.45, 2.75) is 5.92 Å². The first-order valence-corrected chi connectivity index (χ1v) is 6.29. The molecule has 3 heteroatoms. The highest BCUT2D eigenvalue weighted by Gasteiger charge is 2.23. The minimum absolute atomic E-state index is 0.245. The molecule has 3 nitrogen and oxygen atoms in total. The van der Waals surface area contributed by atoms with Gasteiger partial charge in [0.15, 0.2) is 0 Å². The van der Waals surface area contributed by atoms with Crippen molar-refractivity contribution in [2.24, 2.45) is 5.73 Å². The number of carbonyl (C=O) groups is 1. The zero-order valence-electron chi connectivity index (χ0n) is 10.7. The van der Waals surface area contributed by atoms with Gasteiger partial charge in [-0.3, -0.25) is 4.79 Å². The Morgan fingerprint density at radius 2 is 1.42 bits per heavy atom. The summed E-state index contributed by atoms with van der Waals surface area (Å²) in [6, 6.07) is 19.3. The van der Waals surface area contributed by atoms with Gasteiger partial charge in [-0.25, -0.2) is 0 Å². The van der Waals surface area contributed by atoms with Crippen LogP contribution in [0.15, 0.2) is 60.7 Å². The fraction of sp³-hybridized carbons (Fsp3) is 0.188. The van der Waals surface area contributed by atoms with E-state index in [1.807, 2.05) is 60.7 Å². The van der Waals surface area contributed by atoms with E-state index in [2.05, 4.69) is 0 Å². The van der Waals surface area contributed by atoms with Gasteiger partial charge in [-0.15, -0.1) is 0 Å². The molecule has 2 rings (SSSR count). The van der Waals surface area contributed by atoms with Gasteiger partial charge >= 0.3 is 5.97 Å². The van der Waals surface area contributed by atoms with Crippen molar-refractivity contribution in [3.05, 3.63) is 71.8 Å². The molecule has 19 heavy (non-hydrogen) atoms. The molecule has 0 fully saturated rings. The zero-order valence-corrected chi connectivity index (χ0v) is 10.7. The van der Waals surface area contributed by atoms with E-state index in [1.165, 1.54) is 0 Å². The van der Waals surface area contributed by atoms with Gasteiger partial charge < -0.3 is 10.5 Å². The monoisotopic (exact) mass is 255 g/mol. The molecule has 0 unspecified atom stereocenters. The van der Waals surface area contributed by atoms with Gasteiger partial charge in [-0.05, 0) is 11.1 Å². The molecule has 0 aliphatic carbocycles. The second-order valence-electron chi connectivity index (χ2n) is 4.21. The normalized spacial score (nSPS) is 10.4. The van der Waals surface area contributed by atoms with Gasteiger partial charge in [-0.1, -0.05) is 60.7 Å². The van der Waals surface area contributed by atoms with E-state index in [-0.39, 0.29) is 12.6 Å². The largest absolute Gasteiger partial charge is 0.464 e. The number of benzene rings is 2.